The Hall–Kier alpha value is -3.51. The molecule has 30 heavy (non-hydrogen) atoms. The van der Waals surface area contributed by atoms with Crippen LogP contribution in [0.4, 0.5) is 0 Å². The number of hydrogen-bond acceptors (Lipinski definition) is 4. The molecule has 150 valence electrons. The molecule has 0 radical (unpaired) electrons. The van der Waals surface area contributed by atoms with Gasteiger partial charge in [0.15, 0.2) is 9.84 Å². The third-order valence-electron chi connectivity index (χ3n) is 4.81. The minimum absolute atomic E-state index is 0.200. The Morgan fingerprint density at radius 1 is 0.800 bits per heavy atom. The predicted octanol–water partition coefficient (Wildman–Crippen LogP) is 4.03. The number of nitrogens with zero attached hydrogens (tertiary/aromatic N) is 2. The molecule has 0 fully saturated rings. The second kappa shape index (κ2) is 8.08. The van der Waals surface area contributed by atoms with Gasteiger partial charge in [-0.15, -0.1) is 0 Å². The van der Waals surface area contributed by atoms with Crippen LogP contribution in [0.15, 0.2) is 101 Å². The van der Waals surface area contributed by atoms with E-state index in [4.69, 9.17) is 0 Å². The smallest absolute Gasteiger partial charge is 0.267 e. The maximum Gasteiger partial charge on any atom is 0.267 e. The lowest BCUT2D eigenvalue weighted by atomic mass is 10.00. The largest absolute Gasteiger partial charge is 0.268 e. The second-order valence-corrected chi connectivity index (χ2v) is 9.07. The van der Waals surface area contributed by atoms with Crippen molar-refractivity contribution >= 4 is 9.84 Å². The number of hydrogen-bond donors (Lipinski definition) is 0. The van der Waals surface area contributed by atoms with Crippen molar-refractivity contribution in [2.24, 2.45) is 0 Å². The lowest BCUT2D eigenvalue weighted by molar-refractivity contribution is 0.602. The van der Waals surface area contributed by atoms with E-state index < -0.39 is 9.84 Å². The van der Waals surface area contributed by atoms with Crippen molar-refractivity contribution in [1.82, 2.24) is 9.78 Å². The van der Waals surface area contributed by atoms with Gasteiger partial charge in [-0.05, 0) is 23.3 Å². The Morgan fingerprint density at radius 2 is 1.40 bits per heavy atom. The molecule has 0 saturated carbocycles. The molecule has 0 bridgehead atoms. The molecule has 0 aliphatic heterocycles. The standard InChI is InChI=1S/C24H20N2O3S/c1-30(28,29)21-14-12-20(13-15-21)24-22(19-10-6-3-7-11-19)16-23(27)26(25-24)17-18-8-4-2-5-9-18/h2-16H,17H2,1H3. The highest BCUT2D eigenvalue weighted by atomic mass is 32.2. The molecule has 0 aliphatic rings. The van der Waals surface area contributed by atoms with Crippen LogP contribution in [0.2, 0.25) is 0 Å². The molecule has 1 heterocycles. The van der Waals surface area contributed by atoms with Crippen molar-refractivity contribution in [3.63, 3.8) is 0 Å². The van der Waals surface area contributed by atoms with Gasteiger partial charge in [-0.2, -0.15) is 5.10 Å². The highest BCUT2D eigenvalue weighted by Gasteiger charge is 2.15. The van der Waals surface area contributed by atoms with Crippen LogP contribution in [0, 0.1) is 0 Å². The molecule has 0 N–H and O–H groups in total. The number of aromatic nitrogens is 2. The van der Waals surface area contributed by atoms with Gasteiger partial charge in [0.05, 0.1) is 17.1 Å². The van der Waals surface area contributed by atoms with Crippen LogP contribution in [0.5, 0.6) is 0 Å². The van der Waals surface area contributed by atoms with Crippen LogP contribution in [0.25, 0.3) is 22.4 Å². The molecule has 3 aromatic carbocycles. The minimum Gasteiger partial charge on any atom is -0.268 e. The first-order chi connectivity index (χ1) is 14.4. The second-order valence-electron chi connectivity index (χ2n) is 7.05. The fourth-order valence-electron chi connectivity index (χ4n) is 3.27. The average Bonchev–Trinajstić information content (AvgIpc) is 2.76. The number of sulfone groups is 1. The van der Waals surface area contributed by atoms with E-state index >= 15 is 0 Å². The SMILES string of the molecule is CS(=O)(=O)c1ccc(-c2nn(Cc3ccccc3)c(=O)cc2-c2ccccc2)cc1. The predicted molar refractivity (Wildman–Crippen MR) is 118 cm³/mol. The third kappa shape index (κ3) is 4.23. The molecule has 4 rings (SSSR count). The van der Waals surface area contributed by atoms with E-state index in [0.29, 0.717) is 17.8 Å². The molecule has 0 atom stereocenters. The lowest BCUT2D eigenvalue weighted by Gasteiger charge is -2.13. The van der Waals surface area contributed by atoms with E-state index in [1.165, 1.54) is 10.9 Å². The fourth-order valence-corrected chi connectivity index (χ4v) is 3.90. The zero-order valence-electron chi connectivity index (χ0n) is 16.4. The topological polar surface area (TPSA) is 69.0 Å². The summed E-state index contributed by atoms with van der Waals surface area (Å²) in [6, 6.07) is 27.4. The molecule has 1 aromatic heterocycles. The number of rotatable bonds is 5. The molecule has 5 nitrogen and oxygen atoms in total. The zero-order chi connectivity index (χ0) is 21.1. The summed E-state index contributed by atoms with van der Waals surface area (Å²) in [7, 11) is -3.30. The van der Waals surface area contributed by atoms with Gasteiger partial charge in [-0.3, -0.25) is 4.79 Å². The van der Waals surface area contributed by atoms with E-state index in [1.807, 2.05) is 60.7 Å². The molecule has 0 aliphatic carbocycles. The molecule has 0 spiro atoms. The first kappa shape index (κ1) is 19.8. The van der Waals surface area contributed by atoms with Crippen molar-refractivity contribution in [2.75, 3.05) is 6.26 Å². The van der Waals surface area contributed by atoms with E-state index in [1.54, 1.807) is 30.3 Å². The summed E-state index contributed by atoms with van der Waals surface area (Å²) in [5, 5.41) is 4.66. The van der Waals surface area contributed by atoms with E-state index in [9.17, 15) is 13.2 Å². The van der Waals surface area contributed by atoms with Crippen LogP contribution in [-0.4, -0.2) is 24.5 Å². The molecular weight excluding hydrogens is 396 g/mol. The van der Waals surface area contributed by atoms with Gasteiger partial charge < -0.3 is 0 Å². The Kier molecular flexibility index (Phi) is 5.33. The molecule has 0 unspecified atom stereocenters. The third-order valence-corrected chi connectivity index (χ3v) is 5.94. The Morgan fingerprint density at radius 3 is 2.00 bits per heavy atom. The summed E-state index contributed by atoms with van der Waals surface area (Å²) < 4.78 is 25.1. The van der Waals surface area contributed by atoms with Gasteiger partial charge in [0.1, 0.15) is 0 Å². The maximum absolute atomic E-state index is 12.8. The first-order valence-electron chi connectivity index (χ1n) is 9.44. The average molecular weight is 417 g/mol. The summed E-state index contributed by atoms with van der Waals surface area (Å²) in [5.41, 5.74) is 3.71. The van der Waals surface area contributed by atoms with Gasteiger partial charge in [-0.25, -0.2) is 13.1 Å². The summed E-state index contributed by atoms with van der Waals surface area (Å²) in [6.07, 6.45) is 1.18. The Labute approximate surface area is 175 Å². The van der Waals surface area contributed by atoms with E-state index in [-0.39, 0.29) is 10.5 Å². The molecule has 6 heteroatoms. The summed E-state index contributed by atoms with van der Waals surface area (Å²) >= 11 is 0. The Balaban J connectivity index is 1.87. The van der Waals surface area contributed by atoms with Crippen molar-refractivity contribution in [3.05, 3.63) is 107 Å². The van der Waals surface area contributed by atoms with Crippen molar-refractivity contribution in [1.29, 1.82) is 0 Å². The monoisotopic (exact) mass is 416 g/mol. The van der Waals surface area contributed by atoms with E-state index in [0.717, 1.165) is 16.7 Å². The summed E-state index contributed by atoms with van der Waals surface area (Å²) in [4.78, 5) is 13.0. The summed E-state index contributed by atoms with van der Waals surface area (Å²) in [6.45, 7) is 0.350. The molecule has 0 saturated heterocycles. The van der Waals surface area contributed by atoms with Gasteiger partial charge in [0.25, 0.3) is 5.56 Å². The quantitative estimate of drug-likeness (QED) is 0.493. The van der Waals surface area contributed by atoms with Gasteiger partial charge in [0, 0.05) is 23.4 Å². The minimum atomic E-state index is -3.30. The summed E-state index contributed by atoms with van der Waals surface area (Å²) in [5.74, 6) is 0. The Bertz CT molecular complexity index is 1330. The lowest BCUT2D eigenvalue weighted by Crippen LogP contribution is -2.23. The number of benzene rings is 3. The maximum atomic E-state index is 12.8. The van der Waals surface area contributed by atoms with Crippen molar-refractivity contribution < 1.29 is 8.42 Å². The van der Waals surface area contributed by atoms with E-state index in [2.05, 4.69) is 5.10 Å². The van der Waals surface area contributed by atoms with Crippen molar-refractivity contribution in [2.45, 2.75) is 11.4 Å². The van der Waals surface area contributed by atoms with Gasteiger partial charge in [0.2, 0.25) is 0 Å². The van der Waals surface area contributed by atoms with Crippen LogP contribution in [0.1, 0.15) is 5.56 Å². The molecule has 0 amide bonds. The van der Waals surface area contributed by atoms with Crippen LogP contribution < -0.4 is 5.56 Å². The van der Waals surface area contributed by atoms with Crippen LogP contribution >= 0.6 is 0 Å². The van der Waals surface area contributed by atoms with Crippen LogP contribution in [0.3, 0.4) is 0 Å². The highest BCUT2D eigenvalue weighted by Crippen LogP contribution is 2.29. The zero-order valence-corrected chi connectivity index (χ0v) is 17.2. The molecule has 4 aromatic rings. The molecular formula is C24H20N2O3S. The normalized spacial score (nSPS) is 11.4. The highest BCUT2D eigenvalue weighted by molar-refractivity contribution is 7.90. The van der Waals surface area contributed by atoms with Crippen molar-refractivity contribution in [3.8, 4) is 22.4 Å². The fraction of sp³-hybridized carbons (Fsp3) is 0.0833. The van der Waals surface area contributed by atoms with Crippen LogP contribution in [-0.2, 0) is 16.4 Å². The van der Waals surface area contributed by atoms with Gasteiger partial charge >= 0.3 is 0 Å². The van der Waals surface area contributed by atoms with Gasteiger partial charge in [-0.1, -0.05) is 72.8 Å². The first-order valence-corrected chi connectivity index (χ1v) is 11.3.